The molecule has 1 amide bonds. The highest BCUT2D eigenvalue weighted by atomic mass is 35.5. The number of nitrogens with zero attached hydrogens (tertiary/aromatic N) is 3. The zero-order valence-corrected chi connectivity index (χ0v) is 16.0. The largest absolute Gasteiger partial charge is 0.467 e. The average Bonchev–Trinajstić information content (AvgIpc) is 3.34. The van der Waals surface area contributed by atoms with E-state index in [0.717, 1.165) is 11.8 Å². The molecule has 4 aromatic rings. The first-order valence-corrected chi connectivity index (χ1v) is 9.62. The van der Waals surface area contributed by atoms with E-state index in [1.165, 1.54) is 10.9 Å². The van der Waals surface area contributed by atoms with E-state index >= 15 is 0 Å². The van der Waals surface area contributed by atoms with E-state index in [9.17, 15) is 9.59 Å². The molecule has 0 atom stereocenters. The highest BCUT2D eigenvalue weighted by Gasteiger charge is 2.13. The van der Waals surface area contributed by atoms with E-state index in [-0.39, 0.29) is 17.2 Å². The second kappa shape index (κ2) is 7.91. The Morgan fingerprint density at radius 3 is 3.00 bits per heavy atom. The number of aromatic amines is 1. The number of benzene rings is 1. The Morgan fingerprint density at radius 2 is 2.21 bits per heavy atom. The number of aromatic nitrogens is 4. The number of hydrogen-bond acceptors (Lipinski definition) is 6. The van der Waals surface area contributed by atoms with Crippen LogP contribution in [0.5, 0.6) is 0 Å². The molecular weight excluding hydrogens is 402 g/mol. The number of amides is 1. The number of thioether (sulfide) groups is 1. The molecule has 10 heteroatoms. The molecule has 0 saturated carbocycles. The van der Waals surface area contributed by atoms with Gasteiger partial charge in [0.25, 0.3) is 5.56 Å². The number of H-pyrrole nitrogens is 1. The maximum absolute atomic E-state index is 12.3. The van der Waals surface area contributed by atoms with Crippen LogP contribution in [0.25, 0.3) is 16.7 Å². The van der Waals surface area contributed by atoms with Gasteiger partial charge < -0.3 is 14.7 Å². The van der Waals surface area contributed by atoms with Crippen LogP contribution in [-0.2, 0) is 11.3 Å². The smallest absolute Gasteiger partial charge is 0.262 e. The molecule has 0 fully saturated rings. The minimum Gasteiger partial charge on any atom is -0.467 e. The van der Waals surface area contributed by atoms with Crippen molar-refractivity contribution in [3.63, 3.8) is 0 Å². The lowest BCUT2D eigenvalue weighted by Crippen LogP contribution is -2.24. The van der Waals surface area contributed by atoms with Crippen molar-refractivity contribution in [2.24, 2.45) is 0 Å². The molecule has 0 bridgehead atoms. The minimum atomic E-state index is -0.322. The Morgan fingerprint density at radius 1 is 1.32 bits per heavy atom. The van der Waals surface area contributed by atoms with Crippen molar-refractivity contribution >= 4 is 40.3 Å². The van der Waals surface area contributed by atoms with Crippen molar-refractivity contribution in [1.29, 1.82) is 0 Å². The first-order chi connectivity index (χ1) is 13.6. The van der Waals surface area contributed by atoms with Gasteiger partial charge in [0.15, 0.2) is 10.8 Å². The molecule has 0 saturated heterocycles. The predicted octanol–water partition coefficient (Wildman–Crippen LogP) is 2.76. The van der Waals surface area contributed by atoms with E-state index in [0.29, 0.717) is 39.2 Å². The first kappa shape index (κ1) is 18.3. The summed E-state index contributed by atoms with van der Waals surface area (Å²) in [6, 6.07) is 10.6. The fourth-order valence-corrected chi connectivity index (χ4v) is 3.42. The van der Waals surface area contributed by atoms with Crippen LogP contribution in [0.3, 0.4) is 0 Å². The Balaban J connectivity index is 1.52. The summed E-state index contributed by atoms with van der Waals surface area (Å²) in [5.41, 5.74) is 0.758. The van der Waals surface area contributed by atoms with Crippen molar-refractivity contribution in [3.8, 4) is 5.69 Å². The van der Waals surface area contributed by atoms with Gasteiger partial charge >= 0.3 is 0 Å². The third-order valence-electron chi connectivity index (χ3n) is 3.85. The lowest BCUT2D eigenvalue weighted by Gasteiger charge is -2.05. The Bertz CT molecular complexity index is 1190. The summed E-state index contributed by atoms with van der Waals surface area (Å²) in [4.78, 5) is 31.5. The molecule has 3 heterocycles. The number of carbonyl (C=O) groups is 1. The standard InChI is InChI=1S/C18H14ClN5O3S/c19-11-3-1-4-12(7-11)24-16-14(9-21-24)17(26)23-18(22-16)28-10-15(25)20-8-13-5-2-6-27-13/h1-7,9H,8,10H2,(H,20,25)(H,22,23,26). The molecule has 0 unspecified atom stereocenters. The van der Waals surface area contributed by atoms with Crippen LogP contribution >= 0.6 is 23.4 Å². The van der Waals surface area contributed by atoms with Crippen LogP contribution in [0.15, 0.2) is 63.2 Å². The van der Waals surface area contributed by atoms with Gasteiger partial charge in [-0.05, 0) is 30.3 Å². The normalized spacial score (nSPS) is 11.0. The number of hydrogen-bond donors (Lipinski definition) is 2. The van der Waals surface area contributed by atoms with Crippen molar-refractivity contribution in [2.45, 2.75) is 11.7 Å². The van der Waals surface area contributed by atoms with Crippen LogP contribution < -0.4 is 10.9 Å². The quantitative estimate of drug-likeness (QED) is 0.370. The van der Waals surface area contributed by atoms with E-state index in [2.05, 4.69) is 20.4 Å². The molecular formula is C18H14ClN5O3S. The van der Waals surface area contributed by atoms with Crippen LogP contribution in [-0.4, -0.2) is 31.4 Å². The van der Waals surface area contributed by atoms with Crippen molar-refractivity contribution in [1.82, 2.24) is 25.1 Å². The highest BCUT2D eigenvalue weighted by molar-refractivity contribution is 7.99. The number of halogens is 1. The minimum absolute atomic E-state index is 0.0977. The summed E-state index contributed by atoms with van der Waals surface area (Å²) >= 11 is 7.17. The molecule has 0 spiro atoms. The molecule has 3 aromatic heterocycles. The average molecular weight is 416 g/mol. The lowest BCUT2D eigenvalue weighted by molar-refractivity contribution is -0.118. The summed E-state index contributed by atoms with van der Waals surface area (Å²) in [6.07, 6.45) is 3.00. The second-order valence-corrected chi connectivity index (χ2v) is 7.19. The summed E-state index contributed by atoms with van der Waals surface area (Å²) in [6.45, 7) is 0.302. The van der Waals surface area contributed by atoms with Gasteiger partial charge in [0.1, 0.15) is 11.1 Å². The third-order valence-corrected chi connectivity index (χ3v) is 4.96. The van der Waals surface area contributed by atoms with Crippen LogP contribution in [0, 0.1) is 0 Å². The van der Waals surface area contributed by atoms with Crippen molar-refractivity contribution in [2.75, 3.05) is 5.75 Å². The van der Waals surface area contributed by atoms with E-state index in [4.69, 9.17) is 16.0 Å². The van der Waals surface area contributed by atoms with Crippen molar-refractivity contribution in [3.05, 3.63) is 70.0 Å². The van der Waals surface area contributed by atoms with Gasteiger partial charge in [0.05, 0.1) is 30.4 Å². The molecule has 0 aliphatic rings. The fourth-order valence-electron chi connectivity index (χ4n) is 2.55. The van der Waals surface area contributed by atoms with Crippen LogP contribution in [0.4, 0.5) is 0 Å². The molecule has 28 heavy (non-hydrogen) atoms. The van der Waals surface area contributed by atoms with Gasteiger partial charge in [-0.15, -0.1) is 0 Å². The van der Waals surface area contributed by atoms with Gasteiger partial charge in [0.2, 0.25) is 5.91 Å². The molecule has 142 valence electrons. The molecule has 4 rings (SSSR count). The van der Waals surface area contributed by atoms with Gasteiger partial charge in [-0.25, -0.2) is 9.67 Å². The highest BCUT2D eigenvalue weighted by Crippen LogP contribution is 2.20. The molecule has 0 radical (unpaired) electrons. The summed E-state index contributed by atoms with van der Waals surface area (Å²) < 4.78 is 6.70. The molecule has 1 aromatic carbocycles. The zero-order chi connectivity index (χ0) is 19.5. The summed E-state index contributed by atoms with van der Waals surface area (Å²) in [5.74, 6) is 0.560. The SMILES string of the molecule is O=C(CSc1nc2c(cnn2-c2cccc(Cl)c2)c(=O)[nH]1)NCc1ccco1. The number of fused-ring (bicyclic) bond motifs is 1. The summed E-state index contributed by atoms with van der Waals surface area (Å²) in [5, 5.41) is 8.21. The third kappa shape index (κ3) is 3.95. The molecule has 2 N–H and O–H groups in total. The predicted molar refractivity (Wildman–Crippen MR) is 106 cm³/mol. The lowest BCUT2D eigenvalue weighted by atomic mass is 10.3. The topological polar surface area (TPSA) is 106 Å². The van der Waals surface area contributed by atoms with E-state index in [1.807, 2.05) is 6.07 Å². The van der Waals surface area contributed by atoms with Gasteiger partial charge in [0, 0.05) is 5.02 Å². The van der Waals surface area contributed by atoms with E-state index in [1.54, 1.807) is 36.6 Å². The fraction of sp³-hybridized carbons (Fsp3) is 0.111. The van der Waals surface area contributed by atoms with E-state index < -0.39 is 0 Å². The van der Waals surface area contributed by atoms with Crippen LogP contribution in [0.2, 0.25) is 5.02 Å². The number of furan rings is 1. The van der Waals surface area contributed by atoms with Gasteiger partial charge in [-0.3, -0.25) is 9.59 Å². The molecule has 0 aliphatic heterocycles. The first-order valence-electron chi connectivity index (χ1n) is 8.26. The Kier molecular flexibility index (Phi) is 5.18. The van der Waals surface area contributed by atoms with Crippen LogP contribution in [0.1, 0.15) is 5.76 Å². The number of nitrogens with one attached hydrogen (secondary N) is 2. The zero-order valence-electron chi connectivity index (χ0n) is 14.4. The molecule has 8 nitrogen and oxygen atoms in total. The van der Waals surface area contributed by atoms with Crippen molar-refractivity contribution < 1.29 is 9.21 Å². The Labute approximate surface area is 167 Å². The maximum Gasteiger partial charge on any atom is 0.262 e. The molecule has 0 aliphatic carbocycles. The number of carbonyl (C=O) groups excluding carboxylic acids is 1. The number of rotatable bonds is 6. The monoisotopic (exact) mass is 415 g/mol. The Hall–Kier alpha value is -3.04. The summed E-state index contributed by atoms with van der Waals surface area (Å²) in [7, 11) is 0. The van der Waals surface area contributed by atoms with Gasteiger partial charge in [-0.1, -0.05) is 29.4 Å². The van der Waals surface area contributed by atoms with Gasteiger partial charge in [-0.2, -0.15) is 5.10 Å². The maximum atomic E-state index is 12.3. The second-order valence-electron chi connectivity index (χ2n) is 5.79.